The summed E-state index contributed by atoms with van der Waals surface area (Å²) in [4.78, 5) is -0.206. The third-order valence-corrected chi connectivity index (χ3v) is 4.66. The van der Waals surface area contributed by atoms with E-state index in [0.717, 1.165) is 24.3 Å². The topological polar surface area (TPSA) is 55.4 Å². The number of halogens is 4. The van der Waals surface area contributed by atoms with Gasteiger partial charge in [-0.15, -0.1) is 0 Å². The number of nitrogens with one attached hydrogen (secondary N) is 1. The van der Waals surface area contributed by atoms with Crippen molar-refractivity contribution in [2.45, 2.75) is 17.9 Å². The zero-order valence-electron chi connectivity index (χ0n) is 11.7. The molecule has 124 valence electrons. The van der Waals surface area contributed by atoms with E-state index in [9.17, 15) is 21.6 Å². The zero-order valence-corrected chi connectivity index (χ0v) is 14.7. The van der Waals surface area contributed by atoms with Crippen LogP contribution in [0.25, 0.3) is 0 Å². The SMILES string of the molecule is CC(F)(F)Oc1ccc(S(=O)(=O)Nc2ccc(I)cc2F)cc1. The maximum atomic E-state index is 13.7. The van der Waals surface area contributed by atoms with Crippen molar-refractivity contribution in [3.8, 4) is 5.75 Å². The van der Waals surface area contributed by atoms with E-state index in [1.54, 1.807) is 6.07 Å². The molecule has 0 radical (unpaired) electrons. The van der Waals surface area contributed by atoms with E-state index >= 15 is 0 Å². The van der Waals surface area contributed by atoms with E-state index in [1.165, 1.54) is 12.1 Å². The van der Waals surface area contributed by atoms with Crippen LogP contribution in [-0.4, -0.2) is 14.5 Å². The molecular formula is C14H11F3INO3S. The Labute approximate surface area is 144 Å². The average Bonchev–Trinajstić information content (AvgIpc) is 2.41. The van der Waals surface area contributed by atoms with Gasteiger partial charge in [0.1, 0.15) is 11.6 Å². The molecule has 0 aliphatic carbocycles. The van der Waals surface area contributed by atoms with Gasteiger partial charge in [-0.2, -0.15) is 8.78 Å². The Bertz CT molecular complexity index is 805. The minimum absolute atomic E-state index is 0.183. The van der Waals surface area contributed by atoms with E-state index in [2.05, 4.69) is 9.46 Å². The van der Waals surface area contributed by atoms with Crippen LogP contribution in [0.1, 0.15) is 6.92 Å². The van der Waals surface area contributed by atoms with Crippen molar-refractivity contribution in [2.24, 2.45) is 0 Å². The lowest BCUT2D eigenvalue weighted by Crippen LogP contribution is -2.19. The molecule has 0 fully saturated rings. The highest BCUT2D eigenvalue weighted by Crippen LogP contribution is 2.25. The molecule has 2 aromatic rings. The van der Waals surface area contributed by atoms with Crippen LogP contribution >= 0.6 is 22.6 Å². The highest BCUT2D eigenvalue weighted by Gasteiger charge is 2.23. The molecule has 1 N–H and O–H groups in total. The van der Waals surface area contributed by atoms with Crippen molar-refractivity contribution >= 4 is 38.3 Å². The molecule has 0 bridgehead atoms. The summed E-state index contributed by atoms with van der Waals surface area (Å²) in [7, 11) is -4.04. The van der Waals surface area contributed by atoms with Crippen LogP contribution < -0.4 is 9.46 Å². The van der Waals surface area contributed by atoms with Gasteiger partial charge in [0, 0.05) is 10.5 Å². The first kappa shape index (κ1) is 17.9. The molecule has 0 spiro atoms. The van der Waals surface area contributed by atoms with Gasteiger partial charge in [0.15, 0.2) is 0 Å². The van der Waals surface area contributed by atoms with Crippen LogP contribution in [0.5, 0.6) is 5.75 Å². The molecule has 0 heterocycles. The second-order valence-corrected chi connectivity index (χ2v) is 7.54. The van der Waals surface area contributed by atoms with Crippen LogP contribution in [0.3, 0.4) is 0 Å². The molecule has 0 atom stereocenters. The second-order valence-electron chi connectivity index (χ2n) is 4.61. The van der Waals surface area contributed by atoms with Crippen molar-refractivity contribution in [1.82, 2.24) is 0 Å². The maximum Gasteiger partial charge on any atom is 0.394 e. The number of hydrogen-bond acceptors (Lipinski definition) is 3. The third kappa shape index (κ3) is 4.99. The van der Waals surface area contributed by atoms with E-state index in [-0.39, 0.29) is 16.3 Å². The molecule has 2 rings (SSSR count). The highest BCUT2D eigenvalue weighted by atomic mass is 127. The predicted octanol–water partition coefficient (Wildman–Crippen LogP) is 4.22. The van der Waals surface area contributed by atoms with Gasteiger partial charge in [-0.05, 0) is 65.1 Å². The molecule has 2 aromatic carbocycles. The number of ether oxygens (including phenoxy) is 1. The summed E-state index contributed by atoms with van der Waals surface area (Å²) in [6, 6.07) is 8.39. The quantitative estimate of drug-likeness (QED) is 0.685. The van der Waals surface area contributed by atoms with Crippen molar-refractivity contribution in [3.05, 3.63) is 51.9 Å². The Morgan fingerprint density at radius 3 is 2.26 bits per heavy atom. The highest BCUT2D eigenvalue weighted by molar-refractivity contribution is 14.1. The van der Waals surface area contributed by atoms with Gasteiger partial charge >= 0.3 is 6.11 Å². The number of anilines is 1. The monoisotopic (exact) mass is 457 g/mol. The molecule has 0 unspecified atom stereocenters. The summed E-state index contributed by atoms with van der Waals surface area (Å²) in [6.07, 6.45) is -3.37. The normalized spacial score (nSPS) is 12.0. The van der Waals surface area contributed by atoms with E-state index in [1.807, 2.05) is 22.6 Å². The number of sulfonamides is 1. The summed E-state index contributed by atoms with van der Waals surface area (Å²) < 4.78 is 70.5. The molecule has 0 aliphatic heterocycles. The van der Waals surface area contributed by atoms with Gasteiger partial charge in [-0.25, -0.2) is 12.8 Å². The largest absolute Gasteiger partial charge is 0.433 e. The molecular weight excluding hydrogens is 446 g/mol. The smallest absolute Gasteiger partial charge is 0.394 e. The van der Waals surface area contributed by atoms with Gasteiger partial charge in [-0.3, -0.25) is 4.72 Å². The first-order valence-corrected chi connectivity index (χ1v) is 8.78. The van der Waals surface area contributed by atoms with Crippen molar-refractivity contribution in [2.75, 3.05) is 4.72 Å². The standard InChI is InChI=1S/C14H11F3INO3S/c1-14(16,17)22-10-3-5-11(6-4-10)23(20,21)19-13-7-2-9(18)8-12(13)15/h2-8,19H,1H3. The molecule has 0 aromatic heterocycles. The second kappa shape index (κ2) is 6.56. The summed E-state index contributed by atoms with van der Waals surface area (Å²) >= 11 is 1.89. The summed E-state index contributed by atoms with van der Waals surface area (Å²) in [5.74, 6) is -0.900. The van der Waals surface area contributed by atoms with Gasteiger partial charge in [-0.1, -0.05) is 0 Å². The lowest BCUT2D eigenvalue weighted by molar-refractivity contribution is -0.158. The molecule has 0 saturated heterocycles. The Kier molecular flexibility index (Phi) is 5.09. The van der Waals surface area contributed by atoms with E-state index < -0.39 is 21.9 Å². The molecule has 9 heteroatoms. The molecule has 4 nitrogen and oxygen atoms in total. The lowest BCUT2D eigenvalue weighted by Gasteiger charge is -2.13. The molecule has 0 aliphatic rings. The molecule has 23 heavy (non-hydrogen) atoms. The van der Waals surface area contributed by atoms with Crippen molar-refractivity contribution < 1.29 is 26.3 Å². The van der Waals surface area contributed by atoms with Crippen LogP contribution in [0.2, 0.25) is 0 Å². The van der Waals surface area contributed by atoms with Gasteiger partial charge in [0.25, 0.3) is 10.0 Å². The first-order valence-electron chi connectivity index (χ1n) is 6.22. The summed E-state index contributed by atoms with van der Waals surface area (Å²) in [6.45, 7) is 0.568. The predicted molar refractivity (Wildman–Crippen MR) is 87.6 cm³/mol. The Balaban J connectivity index is 2.22. The van der Waals surface area contributed by atoms with Crippen LogP contribution in [-0.2, 0) is 10.0 Å². The van der Waals surface area contributed by atoms with E-state index in [4.69, 9.17) is 0 Å². The van der Waals surface area contributed by atoms with Gasteiger partial charge in [0.05, 0.1) is 10.6 Å². The van der Waals surface area contributed by atoms with Crippen LogP contribution in [0, 0.1) is 9.39 Å². The van der Waals surface area contributed by atoms with E-state index in [0.29, 0.717) is 10.5 Å². The van der Waals surface area contributed by atoms with Crippen molar-refractivity contribution in [1.29, 1.82) is 0 Å². The van der Waals surface area contributed by atoms with Crippen LogP contribution in [0.4, 0.5) is 18.9 Å². The van der Waals surface area contributed by atoms with Gasteiger partial charge in [0.2, 0.25) is 0 Å². The summed E-state index contributed by atoms with van der Waals surface area (Å²) in [5.41, 5.74) is -0.203. The number of hydrogen-bond donors (Lipinski definition) is 1. The van der Waals surface area contributed by atoms with Crippen LogP contribution in [0.15, 0.2) is 47.4 Å². The Morgan fingerprint density at radius 1 is 1.13 bits per heavy atom. The number of benzene rings is 2. The third-order valence-electron chi connectivity index (χ3n) is 2.61. The first-order chi connectivity index (χ1) is 10.6. The average molecular weight is 457 g/mol. The number of alkyl halides is 2. The van der Waals surface area contributed by atoms with Crippen molar-refractivity contribution in [3.63, 3.8) is 0 Å². The maximum absolute atomic E-state index is 13.7. The fourth-order valence-corrected chi connectivity index (χ4v) is 3.19. The number of rotatable bonds is 5. The minimum atomic E-state index is -4.04. The fraction of sp³-hybridized carbons (Fsp3) is 0.143. The fourth-order valence-electron chi connectivity index (χ4n) is 1.67. The van der Waals surface area contributed by atoms with Gasteiger partial charge < -0.3 is 4.74 Å². The summed E-state index contributed by atoms with van der Waals surface area (Å²) in [5, 5.41) is 0. The Morgan fingerprint density at radius 2 is 1.74 bits per heavy atom. The molecule has 0 amide bonds. The molecule has 0 saturated carbocycles. The lowest BCUT2D eigenvalue weighted by atomic mass is 10.3. The zero-order chi connectivity index (χ0) is 17.3. The Hall–Kier alpha value is -1.49. The minimum Gasteiger partial charge on any atom is -0.433 e.